The summed E-state index contributed by atoms with van der Waals surface area (Å²) in [6.07, 6.45) is 9.43. The van der Waals surface area contributed by atoms with E-state index in [1.54, 1.807) is 12.4 Å². The van der Waals surface area contributed by atoms with E-state index in [1.807, 2.05) is 25.4 Å². The summed E-state index contributed by atoms with van der Waals surface area (Å²) < 4.78 is 6.24. The zero-order valence-electron chi connectivity index (χ0n) is 13.9. The van der Waals surface area contributed by atoms with Crippen LogP contribution in [0.25, 0.3) is 0 Å². The molecular weight excluding hydrogens is 304 g/mol. The molecule has 2 aliphatic heterocycles. The molecule has 0 amide bonds. The number of rotatable bonds is 2. The van der Waals surface area contributed by atoms with Gasteiger partial charge in [-0.25, -0.2) is 19.9 Å². The van der Waals surface area contributed by atoms with Gasteiger partial charge in [-0.2, -0.15) is 0 Å². The maximum absolute atomic E-state index is 6.24. The van der Waals surface area contributed by atoms with Crippen LogP contribution in [0.2, 0.25) is 0 Å². The second kappa shape index (κ2) is 6.32. The van der Waals surface area contributed by atoms with Crippen molar-refractivity contribution < 1.29 is 4.74 Å². The molecule has 4 heterocycles. The molecule has 24 heavy (non-hydrogen) atoms. The van der Waals surface area contributed by atoms with E-state index < -0.39 is 0 Å². The number of nitrogens with zero attached hydrogens (tertiary/aromatic N) is 6. The molecule has 0 unspecified atom stereocenters. The molecule has 0 radical (unpaired) electrons. The van der Waals surface area contributed by atoms with Crippen molar-refractivity contribution >= 4 is 11.9 Å². The predicted octanol–water partition coefficient (Wildman–Crippen LogP) is 1.45. The Morgan fingerprint density at radius 1 is 0.958 bits per heavy atom. The summed E-state index contributed by atoms with van der Waals surface area (Å²) in [5.41, 5.74) is 0.871. The number of hydrogen-bond donors (Lipinski definition) is 0. The fourth-order valence-corrected chi connectivity index (χ4v) is 3.53. The molecule has 1 spiro atoms. The number of morpholine rings is 1. The van der Waals surface area contributed by atoms with Gasteiger partial charge in [-0.05, 0) is 31.4 Å². The van der Waals surface area contributed by atoms with Crippen LogP contribution in [-0.4, -0.2) is 58.3 Å². The van der Waals surface area contributed by atoms with Gasteiger partial charge in [0.1, 0.15) is 5.60 Å². The normalized spacial score (nSPS) is 24.4. The van der Waals surface area contributed by atoms with E-state index in [0.29, 0.717) is 6.61 Å². The van der Waals surface area contributed by atoms with Crippen molar-refractivity contribution in [3.05, 3.63) is 36.4 Å². The standard InChI is InChI=1S/C17H22N6O/c1-14-10-20-16(21-11-14)23-8-9-24-17(13-23)4-2-7-22(12-17)15-18-5-3-6-19-15/h3,5-6,10-11H,2,4,7-9,12-13H2,1H3/t17-/m0/s1. The highest BCUT2D eigenvalue weighted by molar-refractivity contribution is 5.35. The molecule has 7 heteroatoms. The van der Waals surface area contributed by atoms with Crippen molar-refractivity contribution in [1.29, 1.82) is 0 Å². The Kier molecular flexibility index (Phi) is 4.02. The lowest BCUT2D eigenvalue weighted by molar-refractivity contribution is -0.0635. The van der Waals surface area contributed by atoms with Gasteiger partial charge in [0, 0.05) is 37.9 Å². The van der Waals surface area contributed by atoms with Crippen molar-refractivity contribution in [1.82, 2.24) is 19.9 Å². The maximum Gasteiger partial charge on any atom is 0.225 e. The lowest BCUT2D eigenvalue weighted by Gasteiger charge is -2.47. The third-order valence-corrected chi connectivity index (χ3v) is 4.67. The summed E-state index contributed by atoms with van der Waals surface area (Å²) in [5, 5.41) is 0. The number of aromatic nitrogens is 4. The van der Waals surface area contributed by atoms with E-state index in [9.17, 15) is 0 Å². The Labute approximate surface area is 141 Å². The monoisotopic (exact) mass is 326 g/mol. The third-order valence-electron chi connectivity index (χ3n) is 4.67. The fraction of sp³-hybridized carbons (Fsp3) is 0.529. The summed E-state index contributed by atoms with van der Waals surface area (Å²) in [7, 11) is 0. The largest absolute Gasteiger partial charge is 0.369 e. The fourth-order valence-electron chi connectivity index (χ4n) is 3.53. The lowest BCUT2D eigenvalue weighted by atomic mass is 9.91. The Hall–Kier alpha value is -2.28. The molecule has 4 rings (SSSR count). The van der Waals surface area contributed by atoms with E-state index in [-0.39, 0.29) is 5.60 Å². The molecule has 2 aliphatic rings. The van der Waals surface area contributed by atoms with E-state index in [0.717, 1.165) is 56.5 Å². The third kappa shape index (κ3) is 3.03. The first-order valence-corrected chi connectivity index (χ1v) is 8.44. The van der Waals surface area contributed by atoms with Crippen LogP contribution in [0.5, 0.6) is 0 Å². The Morgan fingerprint density at radius 3 is 2.38 bits per heavy atom. The first-order valence-electron chi connectivity index (χ1n) is 8.44. The molecule has 0 bridgehead atoms. The van der Waals surface area contributed by atoms with Crippen LogP contribution >= 0.6 is 0 Å². The zero-order chi connectivity index (χ0) is 16.4. The van der Waals surface area contributed by atoms with E-state index >= 15 is 0 Å². The molecule has 0 N–H and O–H groups in total. The highest BCUT2D eigenvalue weighted by Crippen LogP contribution is 2.31. The first kappa shape index (κ1) is 15.3. The SMILES string of the molecule is Cc1cnc(N2CCO[C@]3(CCCN(c4ncccn4)C3)C2)nc1. The van der Waals surface area contributed by atoms with Gasteiger partial charge in [0.2, 0.25) is 11.9 Å². The van der Waals surface area contributed by atoms with Crippen LogP contribution in [0.15, 0.2) is 30.9 Å². The molecule has 2 fully saturated rings. The summed E-state index contributed by atoms with van der Waals surface area (Å²) >= 11 is 0. The Bertz CT molecular complexity index is 675. The molecule has 126 valence electrons. The maximum atomic E-state index is 6.24. The van der Waals surface area contributed by atoms with Crippen LogP contribution in [0, 0.1) is 6.92 Å². The van der Waals surface area contributed by atoms with Crippen LogP contribution in [0.3, 0.4) is 0 Å². The van der Waals surface area contributed by atoms with Crippen LogP contribution < -0.4 is 9.80 Å². The van der Waals surface area contributed by atoms with Gasteiger partial charge < -0.3 is 14.5 Å². The second-order valence-corrected chi connectivity index (χ2v) is 6.59. The molecular formula is C17H22N6O. The van der Waals surface area contributed by atoms with Crippen LogP contribution in [-0.2, 0) is 4.74 Å². The molecule has 2 aromatic heterocycles. The van der Waals surface area contributed by atoms with Gasteiger partial charge in [0.05, 0.1) is 19.7 Å². The molecule has 0 saturated carbocycles. The van der Waals surface area contributed by atoms with Gasteiger partial charge in [0.15, 0.2) is 0 Å². The summed E-state index contributed by atoms with van der Waals surface area (Å²) in [6, 6.07) is 1.84. The highest BCUT2D eigenvalue weighted by Gasteiger charge is 2.41. The molecule has 1 atom stereocenters. The molecule has 2 aromatic rings. The van der Waals surface area contributed by atoms with Crippen molar-refractivity contribution in [3.63, 3.8) is 0 Å². The average molecular weight is 326 g/mol. The highest BCUT2D eigenvalue weighted by atomic mass is 16.5. The van der Waals surface area contributed by atoms with Crippen LogP contribution in [0.4, 0.5) is 11.9 Å². The van der Waals surface area contributed by atoms with Gasteiger partial charge in [-0.1, -0.05) is 0 Å². The van der Waals surface area contributed by atoms with E-state index in [2.05, 4.69) is 29.7 Å². The average Bonchev–Trinajstić information content (AvgIpc) is 2.63. The van der Waals surface area contributed by atoms with Crippen molar-refractivity contribution in [2.75, 3.05) is 42.6 Å². The summed E-state index contributed by atoms with van der Waals surface area (Å²) in [4.78, 5) is 22.2. The molecule has 0 aromatic carbocycles. The minimum atomic E-state index is -0.204. The smallest absolute Gasteiger partial charge is 0.225 e. The van der Waals surface area contributed by atoms with Crippen molar-refractivity contribution in [2.24, 2.45) is 0 Å². The zero-order valence-corrected chi connectivity index (χ0v) is 13.9. The van der Waals surface area contributed by atoms with Gasteiger partial charge in [-0.15, -0.1) is 0 Å². The minimum absolute atomic E-state index is 0.204. The van der Waals surface area contributed by atoms with Gasteiger partial charge >= 0.3 is 0 Å². The molecule has 0 aliphatic carbocycles. The number of piperidine rings is 1. The van der Waals surface area contributed by atoms with Crippen molar-refractivity contribution in [3.8, 4) is 0 Å². The number of aryl methyl sites for hydroxylation is 1. The van der Waals surface area contributed by atoms with E-state index in [4.69, 9.17) is 4.74 Å². The van der Waals surface area contributed by atoms with Crippen LogP contribution in [0.1, 0.15) is 18.4 Å². The first-order chi connectivity index (χ1) is 11.7. The molecule has 2 saturated heterocycles. The van der Waals surface area contributed by atoms with Crippen molar-refractivity contribution in [2.45, 2.75) is 25.4 Å². The second-order valence-electron chi connectivity index (χ2n) is 6.59. The Morgan fingerprint density at radius 2 is 1.62 bits per heavy atom. The minimum Gasteiger partial charge on any atom is -0.369 e. The number of ether oxygens (including phenoxy) is 1. The predicted molar refractivity (Wildman–Crippen MR) is 91.1 cm³/mol. The quantitative estimate of drug-likeness (QED) is 0.827. The van der Waals surface area contributed by atoms with E-state index in [1.165, 1.54) is 0 Å². The van der Waals surface area contributed by atoms with Gasteiger partial charge in [0.25, 0.3) is 0 Å². The summed E-state index contributed by atoms with van der Waals surface area (Å²) in [5.74, 6) is 1.57. The number of anilines is 2. The summed E-state index contributed by atoms with van der Waals surface area (Å²) in [6.45, 7) is 6.10. The number of hydrogen-bond acceptors (Lipinski definition) is 7. The topological polar surface area (TPSA) is 67.3 Å². The molecule has 7 nitrogen and oxygen atoms in total. The Balaban J connectivity index is 1.52. The van der Waals surface area contributed by atoms with Gasteiger partial charge in [-0.3, -0.25) is 0 Å². The lowest BCUT2D eigenvalue weighted by Crippen LogP contribution is -2.60.